The lowest BCUT2D eigenvalue weighted by atomic mass is 9.78. The molecule has 5 aliphatic rings. The molecule has 4 N–H and O–H groups in total. The number of aliphatic hydroxyl groups excluding tert-OH is 1. The van der Waals surface area contributed by atoms with Crippen molar-refractivity contribution in [1.82, 2.24) is 25.8 Å². The topological polar surface area (TPSA) is 89.1 Å². The van der Waals surface area contributed by atoms with Crippen molar-refractivity contribution in [2.45, 2.75) is 108 Å². The molecule has 0 aromatic rings. The molecule has 2 saturated heterocycles. The lowest BCUT2D eigenvalue weighted by molar-refractivity contribution is -0.139. The van der Waals surface area contributed by atoms with Gasteiger partial charge < -0.3 is 14.7 Å². The van der Waals surface area contributed by atoms with Gasteiger partial charge in [0.05, 0.1) is 12.2 Å². The van der Waals surface area contributed by atoms with Crippen molar-refractivity contribution in [3.05, 3.63) is 0 Å². The largest absolute Gasteiger partial charge is 0.393 e. The number of piperazine rings is 1. The van der Waals surface area contributed by atoms with E-state index < -0.39 is 0 Å². The summed E-state index contributed by atoms with van der Waals surface area (Å²) < 4.78 is 5.55. The number of carbonyl (C=O) groups excluding carboxylic acids is 1. The van der Waals surface area contributed by atoms with E-state index in [4.69, 9.17) is 4.74 Å². The van der Waals surface area contributed by atoms with Gasteiger partial charge in [0.15, 0.2) is 0 Å². The fraction of sp³-hybridized carbons (Fsp3) is 0.964. The Hall–Kier alpha value is -0.770. The number of aliphatic hydroxyl groups is 1. The van der Waals surface area contributed by atoms with E-state index in [1.54, 1.807) is 0 Å². The summed E-state index contributed by atoms with van der Waals surface area (Å²) in [6.45, 7) is 5.87. The van der Waals surface area contributed by atoms with Gasteiger partial charge in [-0.25, -0.2) is 0 Å². The average Bonchev–Trinajstić information content (AvgIpc) is 2.94. The van der Waals surface area contributed by atoms with Crippen LogP contribution in [0.3, 0.4) is 0 Å². The van der Waals surface area contributed by atoms with Gasteiger partial charge in [-0.3, -0.25) is 25.6 Å². The van der Waals surface area contributed by atoms with Gasteiger partial charge in [0.1, 0.15) is 6.29 Å². The number of amides is 1. The van der Waals surface area contributed by atoms with Crippen LogP contribution in [-0.2, 0) is 9.53 Å². The van der Waals surface area contributed by atoms with E-state index in [1.807, 2.05) is 7.11 Å². The molecule has 2 heterocycles. The number of hydrogen-bond donors (Lipinski definition) is 4. The van der Waals surface area contributed by atoms with Crippen LogP contribution in [0.5, 0.6) is 0 Å². The third kappa shape index (κ3) is 6.80. The fourth-order valence-corrected chi connectivity index (χ4v) is 7.72. The maximum absolute atomic E-state index is 13.4. The molecule has 2 atom stereocenters. The van der Waals surface area contributed by atoms with Gasteiger partial charge in [-0.15, -0.1) is 0 Å². The van der Waals surface area contributed by atoms with Gasteiger partial charge in [-0.05, 0) is 82.5 Å². The van der Waals surface area contributed by atoms with Crippen LogP contribution in [-0.4, -0.2) is 97.8 Å². The Kier molecular flexibility index (Phi) is 9.58. The molecule has 5 rings (SSSR count). The molecule has 0 bridgehead atoms. The number of nitrogens with one attached hydrogen (secondary N) is 3. The highest BCUT2D eigenvalue weighted by Gasteiger charge is 2.35. The Morgan fingerprint density at radius 3 is 2.22 bits per heavy atom. The average molecular weight is 506 g/mol. The van der Waals surface area contributed by atoms with Crippen molar-refractivity contribution in [3.63, 3.8) is 0 Å². The molecule has 0 aromatic heterocycles. The molecule has 1 amide bonds. The number of hydrogen-bond acceptors (Lipinski definition) is 7. The smallest absolute Gasteiger partial charge is 0.225 e. The Labute approximate surface area is 218 Å². The monoisotopic (exact) mass is 505 g/mol. The summed E-state index contributed by atoms with van der Waals surface area (Å²) >= 11 is 0. The molecule has 3 saturated carbocycles. The van der Waals surface area contributed by atoms with Crippen LogP contribution >= 0.6 is 0 Å². The highest BCUT2D eigenvalue weighted by atomic mass is 16.5. The molecule has 3 aliphatic carbocycles. The van der Waals surface area contributed by atoms with Crippen LogP contribution in [0.4, 0.5) is 0 Å². The Bertz CT molecular complexity index is 679. The summed E-state index contributed by atoms with van der Waals surface area (Å²) in [5.41, 5.74) is 0. The predicted molar refractivity (Wildman–Crippen MR) is 141 cm³/mol. The summed E-state index contributed by atoms with van der Waals surface area (Å²) in [6, 6.07) is 1.01. The fourth-order valence-electron chi connectivity index (χ4n) is 7.72. The first-order valence-corrected chi connectivity index (χ1v) is 15.1. The van der Waals surface area contributed by atoms with E-state index in [1.165, 1.54) is 25.7 Å². The van der Waals surface area contributed by atoms with Crippen molar-refractivity contribution in [2.75, 3.05) is 46.4 Å². The Balaban J connectivity index is 1.01. The first-order chi connectivity index (χ1) is 17.6. The third-order valence-corrected chi connectivity index (χ3v) is 10.1. The second kappa shape index (κ2) is 12.9. The molecule has 206 valence electrons. The van der Waals surface area contributed by atoms with Crippen molar-refractivity contribution < 1.29 is 14.6 Å². The van der Waals surface area contributed by atoms with Gasteiger partial charge in [0.2, 0.25) is 5.91 Å². The molecule has 2 unspecified atom stereocenters. The van der Waals surface area contributed by atoms with Crippen molar-refractivity contribution in [3.8, 4) is 0 Å². The number of ether oxygens (including phenoxy) is 1. The molecule has 0 spiro atoms. The van der Waals surface area contributed by atoms with Crippen LogP contribution in [0.15, 0.2) is 0 Å². The summed E-state index contributed by atoms with van der Waals surface area (Å²) in [5.74, 6) is 2.06. The van der Waals surface area contributed by atoms with E-state index in [0.29, 0.717) is 30.0 Å². The van der Waals surface area contributed by atoms with Gasteiger partial charge in [0.25, 0.3) is 0 Å². The zero-order valence-electron chi connectivity index (χ0n) is 22.5. The van der Waals surface area contributed by atoms with E-state index in [2.05, 4.69) is 25.8 Å². The molecular formula is C28H51N5O3. The van der Waals surface area contributed by atoms with E-state index in [-0.39, 0.29) is 18.3 Å². The molecular weight excluding hydrogens is 454 g/mol. The quantitative estimate of drug-likeness (QED) is 0.438. The van der Waals surface area contributed by atoms with Crippen LogP contribution in [0.25, 0.3) is 0 Å². The van der Waals surface area contributed by atoms with E-state index in [9.17, 15) is 9.90 Å². The predicted octanol–water partition coefficient (Wildman–Crippen LogP) is 1.88. The van der Waals surface area contributed by atoms with Crippen LogP contribution in [0, 0.1) is 17.8 Å². The zero-order valence-corrected chi connectivity index (χ0v) is 22.5. The summed E-state index contributed by atoms with van der Waals surface area (Å²) in [5, 5.41) is 21.0. The molecule has 0 radical (unpaired) electrons. The highest BCUT2D eigenvalue weighted by Crippen LogP contribution is 2.32. The molecule has 36 heavy (non-hydrogen) atoms. The number of methoxy groups -OCH3 is 1. The standard InChI is InChI=1S/C28H51N5O3/c1-36-26-11-5-20(6-12-26)22-18-29-28(30-19-22)31-23-4-2-3-21(17-23)27(35)33-15-13-32(14-16-33)24-7-9-25(34)10-8-24/h20-26,28-31,34H,2-19H2,1H3. The zero-order chi connectivity index (χ0) is 24.9. The second-order valence-electron chi connectivity index (χ2n) is 12.3. The summed E-state index contributed by atoms with van der Waals surface area (Å²) in [7, 11) is 1.85. The molecule has 8 heteroatoms. The minimum atomic E-state index is -0.0986. The van der Waals surface area contributed by atoms with Gasteiger partial charge in [0, 0.05) is 64.4 Å². The minimum absolute atomic E-state index is 0.0986. The SMILES string of the molecule is COC1CCC(C2CNC(NC3CCCC(C(=O)N4CCN(C5CCC(O)CC5)CC4)C3)NC2)CC1. The minimum Gasteiger partial charge on any atom is -0.393 e. The normalized spacial score (nSPS) is 41.2. The van der Waals surface area contributed by atoms with Crippen LogP contribution in [0.2, 0.25) is 0 Å². The highest BCUT2D eigenvalue weighted by molar-refractivity contribution is 5.79. The van der Waals surface area contributed by atoms with Crippen molar-refractivity contribution in [2.24, 2.45) is 17.8 Å². The van der Waals surface area contributed by atoms with E-state index >= 15 is 0 Å². The van der Waals surface area contributed by atoms with Gasteiger partial charge in [-0.2, -0.15) is 0 Å². The first-order valence-electron chi connectivity index (χ1n) is 15.1. The second-order valence-corrected chi connectivity index (χ2v) is 12.3. The first kappa shape index (κ1) is 26.8. The lowest BCUT2D eigenvalue weighted by Crippen LogP contribution is -2.63. The lowest BCUT2D eigenvalue weighted by Gasteiger charge is -2.43. The molecule has 0 aromatic carbocycles. The summed E-state index contributed by atoms with van der Waals surface area (Å²) in [6.07, 6.45) is 13.9. The third-order valence-electron chi connectivity index (χ3n) is 10.1. The van der Waals surface area contributed by atoms with Crippen molar-refractivity contribution in [1.29, 1.82) is 0 Å². The summed E-state index contributed by atoms with van der Waals surface area (Å²) in [4.78, 5) is 18.1. The van der Waals surface area contributed by atoms with Gasteiger partial charge in [-0.1, -0.05) is 6.42 Å². The Morgan fingerprint density at radius 1 is 0.861 bits per heavy atom. The van der Waals surface area contributed by atoms with E-state index in [0.717, 1.165) is 96.6 Å². The Morgan fingerprint density at radius 2 is 1.56 bits per heavy atom. The van der Waals surface area contributed by atoms with Gasteiger partial charge >= 0.3 is 0 Å². The molecule has 5 fully saturated rings. The molecule has 8 nitrogen and oxygen atoms in total. The number of rotatable bonds is 6. The maximum atomic E-state index is 13.4. The maximum Gasteiger partial charge on any atom is 0.225 e. The van der Waals surface area contributed by atoms with Crippen LogP contribution < -0.4 is 16.0 Å². The van der Waals surface area contributed by atoms with Crippen molar-refractivity contribution >= 4 is 5.91 Å². The molecule has 2 aliphatic heterocycles. The van der Waals surface area contributed by atoms with Crippen LogP contribution in [0.1, 0.15) is 77.0 Å². The number of nitrogens with zero attached hydrogens (tertiary/aromatic N) is 2. The number of carbonyl (C=O) groups is 1.